The average molecular weight is 348 g/mol. The fourth-order valence-electron chi connectivity index (χ4n) is 3.10. The van der Waals surface area contributed by atoms with E-state index >= 15 is 0 Å². The van der Waals surface area contributed by atoms with Crippen LogP contribution in [0.3, 0.4) is 0 Å². The third kappa shape index (κ3) is 5.74. The molecule has 1 aromatic rings. The van der Waals surface area contributed by atoms with E-state index in [4.69, 9.17) is 9.47 Å². The maximum Gasteiger partial charge on any atom is 0.396 e. The van der Waals surface area contributed by atoms with Crippen LogP contribution in [0, 0.1) is 0 Å². The predicted octanol–water partition coefficient (Wildman–Crippen LogP) is 2.29. The van der Waals surface area contributed by atoms with Crippen LogP contribution in [0.1, 0.15) is 44.7 Å². The molecular weight excluding hydrogens is 320 g/mol. The summed E-state index contributed by atoms with van der Waals surface area (Å²) in [7, 11) is 0. The minimum atomic E-state index is -0.827. The van der Waals surface area contributed by atoms with E-state index in [9.17, 15) is 9.59 Å². The van der Waals surface area contributed by atoms with Crippen LogP contribution < -0.4 is 10.1 Å². The average Bonchev–Trinajstić information content (AvgIpc) is 2.64. The van der Waals surface area contributed by atoms with Crippen molar-refractivity contribution < 1.29 is 19.1 Å². The second-order valence-electron chi connectivity index (χ2n) is 6.04. The Hall–Kier alpha value is -2.08. The van der Waals surface area contributed by atoms with E-state index < -0.39 is 11.9 Å². The molecule has 1 aromatic carbocycles. The minimum absolute atomic E-state index is 0.0364. The molecular formula is C19H28N2O4. The van der Waals surface area contributed by atoms with Crippen LogP contribution in [0.15, 0.2) is 24.3 Å². The maximum atomic E-state index is 11.9. The number of hydrogen-bond donors (Lipinski definition) is 1. The Morgan fingerprint density at radius 1 is 1.08 bits per heavy atom. The number of amides is 1. The lowest BCUT2D eigenvalue weighted by molar-refractivity contribution is -0.154. The summed E-state index contributed by atoms with van der Waals surface area (Å²) in [4.78, 5) is 25.8. The molecule has 1 N–H and O–H groups in total. The quantitative estimate of drug-likeness (QED) is 0.605. The zero-order valence-electron chi connectivity index (χ0n) is 15.1. The van der Waals surface area contributed by atoms with Gasteiger partial charge in [-0.1, -0.05) is 18.6 Å². The summed E-state index contributed by atoms with van der Waals surface area (Å²) in [5, 5.41) is 2.72. The van der Waals surface area contributed by atoms with Crippen LogP contribution in [0.2, 0.25) is 0 Å². The van der Waals surface area contributed by atoms with Gasteiger partial charge in [0.2, 0.25) is 0 Å². The van der Waals surface area contributed by atoms with Crippen LogP contribution in [0.4, 0.5) is 0 Å². The monoisotopic (exact) mass is 348 g/mol. The summed E-state index contributed by atoms with van der Waals surface area (Å²) < 4.78 is 10.2. The van der Waals surface area contributed by atoms with Gasteiger partial charge in [-0.25, -0.2) is 4.79 Å². The number of rotatable bonds is 7. The van der Waals surface area contributed by atoms with Crippen molar-refractivity contribution in [3.63, 3.8) is 0 Å². The second kappa shape index (κ2) is 10.0. The molecule has 0 bridgehead atoms. The van der Waals surface area contributed by atoms with E-state index in [1.54, 1.807) is 6.92 Å². The number of carbonyl (C=O) groups excluding carboxylic acids is 2. The summed E-state index contributed by atoms with van der Waals surface area (Å²) >= 11 is 0. The lowest BCUT2D eigenvalue weighted by Gasteiger charge is -2.35. The minimum Gasteiger partial charge on any atom is -0.494 e. The number of nitrogens with one attached hydrogen (secondary N) is 1. The molecule has 6 nitrogen and oxygen atoms in total. The van der Waals surface area contributed by atoms with Crippen molar-refractivity contribution >= 4 is 11.9 Å². The third-order valence-electron chi connectivity index (χ3n) is 4.32. The van der Waals surface area contributed by atoms with Gasteiger partial charge in [0.25, 0.3) is 0 Å². The van der Waals surface area contributed by atoms with E-state index in [0.717, 1.165) is 37.2 Å². The van der Waals surface area contributed by atoms with Crippen molar-refractivity contribution in [1.82, 2.24) is 10.2 Å². The van der Waals surface area contributed by atoms with Crippen LogP contribution in [-0.2, 0) is 14.3 Å². The lowest BCUT2D eigenvalue weighted by atomic mass is 10.0. The van der Waals surface area contributed by atoms with Gasteiger partial charge in [-0.15, -0.1) is 0 Å². The Bertz CT molecular complexity index is 553. The zero-order valence-corrected chi connectivity index (χ0v) is 15.1. The first-order valence-corrected chi connectivity index (χ1v) is 9.07. The number of ether oxygens (including phenoxy) is 2. The van der Waals surface area contributed by atoms with E-state index in [0.29, 0.717) is 13.2 Å². The van der Waals surface area contributed by atoms with Crippen molar-refractivity contribution in [2.75, 3.05) is 32.8 Å². The molecule has 1 amide bonds. The van der Waals surface area contributed by atoms with E-state index in [-0.39, 0.29) is 12.6 Å². The van der Waals surface area contributed by atoms with E-state index in [1.807, 2.05) is 31.2 Å². The van der Waals surface area contributed by atoms with E-state index in [2.05, 4.69) is 10.2 Å². The van der Waals surface area contributed by atoms with Crippen molar-refractivity contribution in [3.05, 3.63) is 29.8 Å². The summed E-state index contributed by atoms with van der Waals surface area (Å²) in [6, 6.07) is 7.99. The Kier molecular flexibility index (Phi) is 7.73. The smallest absolute Gasteiger partial charge is 0.396 e. The fraction of sp³-hybridized carbons (Fsp3) is 0.579. The van der Waals surface area contributed by atoms with Crippen molar-refractivity contribution in [2.24, 2.45) is 0 Å². The molecule has 6 heteroatoms. The molecule has 2 rings (SSSR count). The summed E-state index contributed by atoms with van der Waals surface area (Å²) in [6.07, 6.45) is 3.54. The molecule has 0 aliphatic carbocycles. The normalized spacial score (nSPS) is 16.1. The van der Waals surface area contributed by atoms with Gasteiger partial charge in [0.05, 0.1) is 19.3 Å². The number of hydrogen-bond acceptors (Lipinski definition) is 5. The number of esters is 1. The Balaban J connectivity index is 2.07. The fourth-order valence-corrected chi connectivity index (χ4v) is 3.10. The largest absolute Gasteiger partial charge is 0.494 e. The molecule has 1 aliphatic heterocycles. The van der Waals surface area contributed by atoms with Gasteiger partial charge in [0.15, 0.2) is 0 Å². The van der Waals surface area contributed by atoms with Crippen LogP contribution >= 0.6 is 0 Å². The molecule has 1 aliphatic rings. The standard InChI is InChI=1S/C19H28N2O4/c1-3-24-16-10-8-15(9-11-16)17(21-12-6-5-7-13-21)14-20-18(22)19(23)25-4-2/h8-11,17H,3-7,12-14H2,1-2H3,(H,20,22). The number of carbonyl (C=O) groups is 2. The molecule has 1 fully saturated rings. The number of nitrogens with zero attached hydrogens (tertiary/aromatic N) is 1. The molecule has 1 heterocycles. The Labute approximate surface area is 149 Å². The molecule has 0 radical (unpaired) electrons. The molecule has 25 heavy (non-hydrogen) atoms. The van der Waals surface area contributed by atoms with Crippen LogP contribution in [0.5, 0.6) is 5.75 Å². The third-order valence-corrected chi connectivity index (χ3v) is 4.32. The second-order valence-corrected chi connectivity index (χ2v) is 6.04. The maximum absolute atomic E-state index is 11.9. The molecule has 0 aromatic heterocycles. The number of benzene rings is 1. The Morgan fingerprint density at radius 3 is 2.36 bits per heavy atom. The van der Waals surface area contributed by atoms with Gasteiger partial charge in [-0.05, 0) is 57.5 Å². The molecule has 138 valence electrons. The number of piperidine rings is 1. The predicted molar refractivity (Wildman–Crippen MR) is 95.4 cm³/mol. The highest BCUT2D eigenvalue weighted by atomic mass is 16.5. The highest BCUT2D eigenvalue weighted by Gasteiger charge is 2.24. The van der Waals surface area contributed by atoms with Crippen molar-refractivity contribution in [2.45, 2.75) is 39.2 Å². The van der Waals surface area contributed by atoms with E-state index in [1.165, 1.54) is 6.42 Å². The Morgan fingerprint density at radius 2 is 1.76 bits per heavy atom. The molecule has 1 saturated heterocycles. The zero-order chi connectivity index (χ0) is 18.1. The first kappa shape index (κ1) is 19.2. The number of likely N-dealkylation sites (tertiary alicyclic amines) is 1. The van der Waals surface area contributed by atoms with Crippen LogP contribution in [0.25, 0.3) is 0 Å². The summed E-state index contributed by atoms with van der Waals surface area (Å²) in [6.45, 7) is 6.83. The van der Waals surface area contributed by atoms with Gasteiger partial charge in [0.1, 0.15) is 5.75 Å². The van der Waals surface area contributed by atoms with Crippen molar-refractivity contribution in [3.8, 4) is 5.75 Å². The molecule has 0 saturated carbocycles. The molecule has 1 unspecified atom stereocenters. The molecule has 0 spiro atoms. The van der Waals surface area contributed by atoms with Gasteiger partial charge < -0.3 is 14.8 Å². The van der Waals surface area contributed by atoms with Crippen LogP contribution in [-0.4, -0.2) is 49.6 Å². The summed E-state index contributed by atoms with van der Waals surface area (Å²) in [5.74, 6) is -0.680. The highest BCUT2D eigenvalue weighted by Crippen LogP contribution is 2.26. The van der Waals surface area contributed by atoms with Gasteiger partial charge in [-0.3, -0.25) is 9.69 Å². The van der Waals surface area contributed by atoms with Crippen molar-refractivity contribution in [1.29, 1.82) is 0 Å². The highest BCUT2D eigenvalue weighted by molar-refractivity contribution is 6.32. The summed E-state index contributed by atoms with van der Waals surface area (Å²) in [5.41, 5.74) is 1.11. The van der Waals surface area contributed by atoms with Gasteiger partial charge in [0, 0.05) is 6.54 Å². The van der Waals surface area contributed by atoms with Gasteiger partial charge >= 0.3 is 11.9 Å². The first-order valence-electron chi connectivity index (χ1n) is 9.07. The SMILES string of the molecule is CCOC(=O)C(=O)NCC(c1ccc(OCC)cc1)N1CCCCC1. The topological polar surface area (TPSA) is 67.9 Å². The van der Waals surface area contributed by atoms with Gasteiger partial charge in [-0.2, -0.15) is 0 Å². The molecule has 1 atom stereocenters. The lowest BCUT2D eigenvalue weighted by Crippen LogP contribution is -2.42. The first-order chi connectivity index (χ1) is 12.2.